The van der Waals surface area contributed by atoms with E-state index in [1.54, 1.807) is 7.05 Å². The summed E-state index contributed by atoms with van der Waals surface area (Å²) < 4.78 is 5.24. The zero-order valence-electron chi connectivity index (χ0n) is 10.8. The van der Waals surface area contributed by atoms with Crippen molar-refractivity contribution in [2.24, 2.45) is 0 Å². The van der Waals surface area contributed by atoms with Gasteiger partial charge in [-0.1, -0.05) is 0 Å². The number of hydrogen-bond donors (Lipinski definition) is 1. The molecule has 7 heteroatoms. The predicted molar refractivity (Wildman–Crippen MR) is 70.2 cm³/mol. The first-order valence-corrected chi connectivity index (χ1v) is 5.71. The lowest BCUT2D eigenvalue weighted by atomic mass is 10.3. The molecule has 0 aliphatic heterocycles. The van der Waals surface area contributed by atoms with Gasteiger partial charge in [-0.2, -0.15) is 0 Å². The number of hydrogen-bond acceptors (Lipinski definition) is 6. The van der Waals surface area contributed by atoms with E-state index in [-0.39, 0.29) is 5.69 Å². The van der Waals surface area contributed by atoms with Gasteiger partial charge in [-0.25, -0.2) is 4.98 Å². The second-order valence-electron chi connectivity index (χ2n) is 3.69. The van der Waals surface area contributed by atoms with E-state index in [9.17, 15) is 10.1 Å². The van der Waals surface area contributed by atoms with Crippen molar-refractivity contribution in [2.45, 2.75) is 6.92 Å². The highest BCUT2D eigenvalue weighted by molar-refractivity contribution is 5.55. The van der Waals surface area contributed by atoms with Crippen molar-refractivity contribution in [1.82, 2.24) is 4.98 Å². The highest BCUT2D eigenvalue weighted by Crippen LogP contribution is 2.22. The standard InChI is InChI=1S/C11H18N4O3/c1-4-18-6-5-14(3)11-8-9(15(16)17)7-10(12-2)13-11/h7-8H,4-6H2,1-3H3,(H,12,13). The lowest BCUT2D eigenvalue weighted by molar-refractivity contribution is -0.384. The fourth-order valence-corrected chi connectivity index (χ4v) is 1.39. The van der Waals surface area contributed by atoms with Gasteiger partial charge in [0, 0.05) is 27.2 Å². The lowest BCUT2D eigenvalue weighted by Crippen LogP contribution is -2.23. The number of aromatic nitrogens is 1. The number of pyridine rings is 1. The van der Waals surface area contributed by atoms with E-state index in [2.05, 4.69) is 10.3 Å². The Morgan fingerprint density at radius 2 is 2.28 bits per heavy atom. The summed E-state index contributed by atoms with van der Waals surface area (Å²) in [6.07, 6.45) is 0. The summed E-state index contributed by atoms with van der Waals surface area (Å²) in [6.45, 7) is 3.76. The Bertz CT molecular complexity index is 411. The third kappa shape index (κ3) is 3.85. The smallest absolute Gasteiger partial charge is 0.276 e. The second-order valence-corrected chi connectivity index (χ2v) is 3.69. The maximum atomic E-state index is 10.8. The van der Waals surface area contributed by atoms with E-state index < -0.39 is 4.92 Å². The van der Waals surface area contributed by atoms with Crippen LogP contribution in [-0.4, -0.2) is 43.8 Å². The molecule has 1 rings (SSSR count). The Balaban J connectivity index is 2.86. The second kappa shape index (κ2) is 6.75. The number of likely N-dealkylation sites (N-methyl/N-ethyl adjacent to an activating group) is 1. The van der Waals surface area contributed by atoms with E-state index in [1.807, 2.05) is 18.9 Å². The number of nitrogens with one attached hydrogen (secondary N) is 1. The highest BCUT2D eigenvalue weighted by Gasteiger charge is 2.13. The number of rotatable bonds is 7. The van der Waals surface area contributed by atoms with Crippen LogP contribution in [0, 0.1) is 10.1 Å². The van der Waals surface area contributed by atoms with Crippen molar-refractivity contribution >= 4 is 17.3 Å². The molecule has 0 radical (unpaired) electrons. The number of nitro groups is 1. The Labute approximate surface area is 106 Å². The monoisotopic (exact) mass is 254 g/mol. The van der Waals surface area contributed by atoms with Gasteiger partial charge in [-0.3, -0.25) is 10.1 Å². The minimum Gasteiger partial charge on any atom is -0.380 e. The molecule has 0 amide bonds. The molecule has 7 nitrogen and oxygen atoms in total. The molecule has 1 aromatic rings. The molecule has 18 heavy (non-hydrogen) atoms. The molecular formula is C11H18N4O3. The Hall–Kier alpha value is -1.89. The predicted octanol–water partition coefficient (Wildman–Crippen LogP) is 1.50. The van der Waals surface area contributed by atoms with Crippen molar-refractivity contribution in [2.75, 3.05) is 44.1 Å². The van der Waals surface area contributed by atoms with E-state index in [0.29, 0.717) is 31.4 Å². The number of nitrogens with zero attached hydrogens (tertiary/aromatic N) is 3. The maximum absolute atomic E-state index is 10.8. The largest absolute Gasteiger partial charge is 0.380 e. The minimum atomic E-state index is -0.428. The highest BCUT2D eigenvalue weighted by atomic mass is 16.6. The summed E-state index contributed by atoms with van der Waals surface area (Å²) in [4.78, 5) is 16.5. The SMILES string of the molecule is CCOCCN(C)c1cc([N+](=O)[O-])cc(NC)n1. The summed E-state index contributed by atoms with van der Waals surface area (Å²) in [5, 5.41) is 13.6. The van der Waals surface area contributed by atoms with Crippen molar-refractivity contribution in [3.63, 3.8) is 0 Å². The van der Waals surface area contributed by atoms with Crippen LogP contribution in [0.2, 0.25) is 0 Å². The van der Waals surface area contributed by atoms with Crippen molar-refractivity contribution < 1.29 is 9.66 Å². The van der Waals surface area contributed by atoms with Crippen LogP contribution in [0.4, 0.5) is 17.3 Å². The molecule has 0 aromatic carbocycles. The van der Waals surface area contributed by atoms with Crippen LogP contribution in [0.15, 0.2) is 12.1 Å². The van der Waals surface area contributed by atoms with Crippen LogP contribution in [0.1, 0.15) is 6.92 Å². The third-order valence-electron chi connectivity index (χ3n) is 2.43. The molecule has 0 unspecified atom stereocenters. The van der Waals surface area contributed by atoms with Crippen LogP contribution in [0.5, 0.6) is 0 Å². The Morgan fingerprint density at radius 3 is 2.83 bits per heavy atom. The van der Waals surface area contributed by atoms with Gasteiger partial charge in [0.25, 0.3) is 5.69 Å². The molecule has 0 aliphatic rings. The van der Waals surface area contributed by atoms with Crippen LogP contribution in [0.25, 0.3) is 0 Å². The van der Waals surface area contributed by atoms with Gasteiger partial charge in [-0.05, 0) is 6.92 Å². The van der Waals surface area contributed by atoms with Gasteiger partial charge in [-0.15, -0.1) is 0 Å². The number of anilines is 2. The van der Waals surface area contributed by atoms with E-state index in [4.69, 9.17) is 4.74 Å². The van der Waals surface area contributed by atoms with Crippen LogP contribution in [-0.2, 0) is 4.74 Å². The fraction of sp³-hybridized carbons (Fsp3) is 0.545. The number of ether oxygens (including phenoxy) is 1. The van der Waals surface area contributed by atoms with Gasteiger partial charge in [0.1, 0.15) is 11.6 Å². The third-order valence-corrected chi connectivity index (χ3v) is 2.43. The molecule has 0 saturated carbocycles. The van der Waals surface area contributed by atoms with Crippen LogP contribution >= 0.6 is 0 Å². The first-order valence-electron chi connectivity index (χ1n) is 5.71. The molecule has 0 bridgehead atoms. The minimum absolute atomic E-state index is 0.0209. The molecule has 1 heterocycles. The van der Waals surface area contributed by atoms with Gasteiger partial charge < -0.3 is 15.0 Å². The molecule has 0 aliphatic carbocycles. The quantitative estimate of drug-likeness (QED) is 0.451. The van der Waals surface area contributed by atoms with E-state index in [0.717, 1.165) is 0 Å². The maximum Gasteiger partial charge on any atom is 0.276 e. The van der Waals surface area contributed by atoms with Crippen molar-refractivity contribution in [3.8, 4) is 0 Å². The molecule has 1 N–H and O–H groups in total. The summed E-state index contributed by atoms with van der Waals surface area (Å²) >= 11 is 0. The Kier molecular flexibility index (Phi) is 5.31. The van der Waals surface area contributed by atoms with Crippen molar-refractivity contribution in [3.05, 3.63) is 22.2 Å². The summed E-state index contributed by atoms with van der Waals surface area (Å²) in [5.41, 5.74) is 0.0209. The van der Waals surface area contributed by atoms with Gasteiger partial charge >= 0.3 is 0 Å². The summed E-state index contributed by atoms with van der Waals surface area (Å²) in [7, 11) is 3.50. The van der Waals surface area contributed by atoms with Gasteiger partial charge in [0.2, 0.25) is 0 Å². The normalized spacial score (nSPS) is 10.2. The van der Waals surface area contributed by atoms with E-state index in [1.165, 1.54) is 12.1 Å². The van der Waals surface area contributed by atoms with Crippen molar-refractivity contribution in [1.29, 1.82) is 0 Å². The molecule has 0 atom stereocenters. The lowest BCUT2D eigenvalue weighted by Gasteiger charge is -2.18. The Morgan fingerprint density at radius 1 is 1.56 bits per heavy atom. The first kappa shape index (κ1) is 14.2. The zero-order valence-corrected chi connectivity index (χ0v) is 10.8. The van der Waals surface area contributed by atoms with Crippen LogP contribution < -0.4 is 10.2 Å². The molecular weight excluding hydrogens is 236 g/mol. The first-order chi connectivity index (χ1) is 8.58. The van der Waals surface area contributed by atoms with Crippen LogP contribution in [0.3, 0.4) is 0 Å². The zero-order chi connectivity index (χ0) is 13.5. The van der Waals surface area contributed by atoms with Gasteiger partial charge in [0.05, 0.1) is 23.7 Å². The average molecular weight is 254 g/mol. The average Bonchev–Trinajstić information content (AvgIpc) is 2.38. The molecule has 0 spiro atoms. The van der Waals surface area contributed by atoms with E-state index >= 15 is 0 Å². The molecule has 100 valence electrons. The topological polar surface area (TPSA) is 80.5 Å². The molecule has 0 saturated heterocycles. The van der Waals surface area contributed by atoms with Gasteiger partial charge in [0.15, 0.2) is 0 Å². The molecule has 0 fully saturated rings. The summed E-state index contributed by atoms with van der Waals surface area (Å²) in [6, 6.07) is 2.85. The molecule has 1 aromatic heterocycles. The summed E-state index contributed by atoms with van der Waals surface area (Å²) in [5.74, 6) is 1.02. The fourth-order valence-electron chi connectivity index (χ4n) is 1.39.